The van der Waals surface area contributed by atoms with Crippen LogP contribution in [-0.2, 0) is 4.79 Å². The summed E-state index contributed by atoms with van der Waals surface area (Å²) < 4.78 is 5.85. The third-order valence-corrected chi connectivity index (χ3v) is 4.20. The maximum absolute atomic E-state index is 12.2. The third-order valence-electron chi connectivity index (χ3n) is 4.20. The molecule has 4 nitrogen and oxygen atoms in total. The van der Waals surface area contributed by atoms with E-state index in [0.717, 1.165) is 16.8 Å². The number of para-hydroxylation sites is 1. The van der Waals surface area contributed by atoms with Crippen molar-refractivity contribution in [1.82, 2.24) is 0 Å². The van der Waals surface area contributed by atoms with E-state index in [1.165, 1.54) is 6.92 Å². The van der Waals surface area contributed by atoms with Crippen molar-refractivity contribution in [1.29, 1.82) is 0 Å². The van der Waals surface area contributed by atoms with Crippen LogP contribution in [0.5, 0.6) is 0 Å². The molecule has 130 valence electrons. The minimum absolute atomic E-state index is 0. The second-order valence-corrected chi connectivity index (χ2v) is 5.89. The number of carbonyl (C=O) groups excluding carboxylic acids is 2. The van der Waals surface area contributed by atoms with E-state index in [4.69, 9.17) is 4.42 Å². The minimum Gasteiger partial charge on any atom is -0.457 e. The molecular formula is C21H16BrNO3. The van der Waals surface area contributed by atoms with E-state index in [1.54, 1.807) is 18.2 Å². The first-order chi connectivity index (χ1) is 12.1. The predicted octanol–water partition coefficient (Wildman–Crippen LogP) is 5.22. The van der Waals surface area contributed by atoms with Crippen LogP contribution in [0.15, 0.2) is 65.1 Å². The quantitative estimate of drug-likeness (QED) is 0.476. The molecule has 26 heavy (non-hydrogen) atoms. The standard InChI is InChI=1S/C21H15NO3.BrH/c1-13(23)14-6-8-15(9-7-14)20-11-10-16(25-20)12-18-17-4-2-3-5-19(17)22-21(18)24;/h2-12H,1H3,(H,22,24);1H. The summed E-state index contributed by atoms with van der Waals surface area (Å²) in [5.41, 5.74) is 3.81. The second-order valence-electron chi connectivity index (χ2n) is 5.89. The van der Waals surface area contributed by atoms with Crippen molar-refractivity contribution in [3.05, 3.63) is 77.6 Å². The molecule has 0 saturated heterocycles. The summed E-state index contributed by atoms with van der Waals surface area (Å²) in [7, 11) is 0. The Kier molecular flexibility index (Phi) is 4.91. The van der Waals surface area contributed by atoms with Crippen LogP contribution in [0.25, 0.3) is 23.0 Å². The minimum atomic E-state index is -0.134. The van der Waals surface area contributed by atoms with E-state index in [1.807, 2.05) is 48.5 Å². The molecule has 1 amide bonds. The van der Waals surface area contributed by atoms with Gasteiger partial charge < -0.3 is 9.73 Å². The maximum Gasteiger partial charge on any atom is 0.256 e. The van der Waals surface area contributed by atoms with Crippen LogP contribution < -0.4 is 5.32 Å². The van der Waals surface area contributed by atoms with E-state index in [2.05, 4.69) is 5.32 Å². The van der Waals surface area contributed by atoms with E-state index in [-0.39, 0.29) is 28.7 Å². The zero-order valence-electron chi connectivity index (χ0n) is 14.0. The SMILES string of the molecule is Br.CC(=O)c1ccc(-c2ccc(C=C3C(=O)Nc4ccccc43)o2)cc1. The molecule has 0 fully saturated rings. The Morgan fingerprint density at radius 2 is 1.73 bits per heavy atom. The van der Waals surface area contributed by atoms with Crippen molar-refractivity contribution in [2.24, 2.45) is 0 Å². The topological polar surface area (TPSA) is 59.3 Å². The lowest BCUT2D eigenvalue weighted by molar-refractivity contribution is -0.110. The summed E-state index contributed by atoms with van der Waals surface area (Å²) >= 11 is 0. The molecule has 0 spiro atoms. The van der Waals surface area contributed by atoms with Gasteiger partial charge in [0.05, 0.1) is 5.57 Å². The fraction of sp³-hybridized carbons (Fsp3) is 0.0476. The average Bonchev–Trinajstić information content (AvgIpc) is 3.20. The smallest absolute Gasteiger partial charge is 0.256 e. The molecule has 1 aliphatic rings. The van der Waals surface area contributed by atoms with Crippen LogP contribution >= 0.6 is 17.0 Å². The summed E-state index contributed by atoms with van der Waals surface area (Å²) in [4.78, 5) is 23.5. The number of ketones is 1. The molecule has 1 aromatic heterocycles. The first-order valence-electron chi connectivity index (χ1n) is 7.95. The molecule has 0 radical (unpaired) electrons. The Morgan fingerprint density at radius 1 is 1.00 bits per heavy atom. The van der Waals surface area contributed by atoms with Crippen molar-refractivity contribution < 1.29 is 14.0 Å². The Labute approximate surface area is 161 Å². The molecule has 4 rings (SSSR count). The molecule has 3 aromatic rings. The van der Waals surface area contributed by atoms with Crippen LogP contribution in [0.1, 0.15) is 28.6 Å². The molecule has 5 heteroatoms. The third kappa shape index (κ3) is 3.26. The molecular weight excluding hydrogens is 394 g/mol. The van der Waals surface area contributed by atoms with Gasteiger partial charge in [0.25, 0.3) is 5.91 Å². The number of hydrogen-bond donors (Lipinski definition) is 1. The number of furan rings is 1. The van der Waals surface area contributed by atoms with Crippen molar-refractivity contribution in [3.8, 4) is 11.3 Å². The first kappa shape index (κ1) is 17.9. The highest BCUT2D eigenvalue weighted by molar-refractivity contribution is 8.93. The lowest BCUT2D eigenvalue weighted by atomic mass is 10.1. The van der Waals surface area contributed by atoms with Crippen molar-refractivity contribution in [2.75, 3.05) is 5.32 Å². The summed E-state index contributed by atoms with van der Waals surface area (Å²) in [5, 5.41) is 2.84. The molecule has 2 aromatic carbocycles. The number of benzene rings is 2. The van der Waals surface area contributed by atoms with Crippen molar-refractivity contribution in [2.45, 2.75) is 6.92 Å². The number of Topliss-reactive ketones (excluding diaryl/α,β-unsaturated/α-hetero) is 1. The van der Waals surface area contributed by atoms with E-state index in [0.29, 0.717) is 22.7 Å². The Hall–Kier alpha value is -2.92. The van der Waals surface area contributed by atoms with Crippen molar-refractivity contribution >= 4 is 46.0 Å². The molecule has 0 saturated carbocycles. The molecule has 2 heterocycles. The number of fused-ring (bicyclic) bond motifs is 1. The van der Waals surface area contributed by atoms with E-state index in [9.17, 15) is 9.59 Å². The highest BCUT2D eigenvalue weighted by Gasteiger charge is 2.23. The Bertz CT molecular complexity index is 1020. The van der Waals surface area contributed by atoms with Gasteiger partial charge in [0.2, 0.25) is 0 Å². The normalized spacial score (nSPS) is 13.9. The van der Waals surface area contributed by atoms with Crippen LogP contribution in [0.4, 0.5) is 5.69 Å². The number of nitrogens with one attached hydrogen (secondary N) is 1. The molecule has 0 bridgehead atoms. The summed E-state index contributed by atoms with van der Waals surface area (Å²) in [6.45, 7) is 1.54. The first-order valence-corrected chi connectivity index (χ1v) is 7.95. The zero-order chi connectivity index (χ0) is 17.4. The van der Waals surface area contributed by atoms with E-state index < -0.39 is 0 Å². The van der Waals surface area contributed by atoms with Gasteiger partial charge in [0.1, 0.15) is 11.5 Å². The van der Waals surface area contributed by atoms with Gasteiger partial charge in [-0.1, -0.05) is 42.5 Å². The molecule has 0 unspecified atom stereocenters. The number of halogens is 1. The van der Waals surface area contributed by atoms with Gasteiger partial charge in [-0.2, -0.15) is 0 Å². The van der Waals surface area contributed by atoms with Gasteiger partial charge >= 0.3 is 0 Å². The lowest BCUT2D eigenvalue weighted by Crippen LogP contribution is -2.03. The van der Waals surface area contributed by atoms with Gasteiger partial charge in [-0.15, -0.1) is 17.0 Å². The average molecular weight is 410 g/mol. The van der Waals surface area contributed by atoms with Gasteiger partial charge in [0.15, 0.2) is 5.78 Å². The summed E-state index contributed by atoms with van der Waals surface area (Å²) in [6, 6.07) is 18.5. The molecule has 1 aliphatic heterocycles. The maximum atomic E-state index is 12.2. The van der Waals surface area contributed by atoms with Gasteiger partial charge in [-0.25, -0.2) is 0 Å². The predicted molar refractivity (Wildman–Crippen MR) is 107 cm³/mol. The number of anilines is 1. The highest BCUT2D eigenvalue weighted by Crippen LogP contribution is 2.33. The summed E-state index contributed by atoms with van der Waals surface area (Å²) in [5.74, 6) is 1.19. The Morgan fingerprint density at radius 3 is 2.46 bits per heavy atom. The van der Waals surface area contributed by atoms with Crippen LogP contribution in [0, 0.1) is 0 Å². The van der Waals surface area contributed by atoms with Crippen LogP contribution in [0.3, 0.4) is 0 Å². The fourth-order valence-corrected chi connectivity index (χ4v) is 2.88. The molecule has 1 N–H and O–H groups in total. The van der Waals surface area contributed by atoms with Crippen molar-refractivity contribution in [3.63, 3.8) is 0 Å². The van der Waals surface area contributed by atoms with Gasteiger partial charge in [-0.3, -0.25) is 9.59 Å². The molecule has 0 aliphatic carbocycles. The monoisotopic (exact) mass is 409 g/mol. The number of rotatable bonds is 3. The highest BCUT2D eigenvalue weighted by atomic mass is 79.9. The number of amides is 1. The zero-order valence-corrected chi connectivity index (χ0v) is 15.7. The van der Waals surface area contributed by atoms with Crippen LogP contribution in [0.2, 0.25) is 0 Å². The fourth-order valence-electron chi connectivity index (χ4n) is 2.88. The van der Waals surface area contributed by atoms with E-state index >= 15 is 0 Å². The number of hydrogen-bond acceptors (Lipinski definition) is 3. The van der Waals surface area contributed by atoms with Gasteiger partial charge in [0, 0.05) is 22.4 Å². The lowest BCUT2D eigenvalue weighted by Gasteiger charge is -1.99. The number of carbonyl (C=O) groups is 2. The van der Waals surface area contributed by atoms with Crippen LogP contribution in [-0.4, -0.2) is 11.7 Å². The largest absolute Gasteiger partial charge is 0.457 e. The Balaban J connectivity index is 0.00000196. The van der Waals surface area contributed by atoms with Gasteiger partial charge in [-0.05, 0) is 31.2 Å². The molecule has 0 atom stereocenters. The second kappa shape index (κ2) is 7.14. The summed E-state index contributed by atoms with van der Waals surface area (Å²) in [6.07, 6.45) is 1.74.